The maximum atomic E-state index is 12.6. The van der Waals surface area contributed by atoms with Crippen LogP contribution in [0.1, 0.15) is 27.3 Å². The van der Waals surface area contributed by atoms with E-state index in [9.17, 15) is 9.59 Å². The number of amides is 2. The average Bonchev–Trinajstić information content (AvgIpc) is 3.06. The second-order valence-electron chi connectivity index (χ2n) is 7.09. The number of anilines is 2. The molecule has 2 aromatic heterocycles. The van der Waals surface area contributed by atoms with Gasteiger partial charge < -0.3 is 15.1 Å². The molecule has 8 nitrogen and oxygen atoms in total. The van der Waals surface area contributed by atoms with Gasteiger partial charge in [0.05, 0.1) is 18.1 Å². The number of halogens is 1. The molecule has 0 unspecified atom stereocenters. The van der Waals surface area contributed by atoms with Crippen LogP contribution in [0.4, 0.5) is 11.5 Å². The van der Waals surface area contributed by atoms with E-state index in [-0.39, 0.29) is 11.8 Å². The van der Waals surface area contributed by atoms with Crippen molar-refractivity contribution in [3.05, 3.63) is 76.9 Å². The van der Waals surface area contributed by atoms with Gasteiger partial charge >= 0.3 is 0 Å². The highest BCUT2D eigenvalue weighted by Crippen LogP contribution is 2.18. The van der Waals surface area contributed by atoms with E-state index >= 15 is 0 Å². The first kappa shape index (κ1) is 20.9. The zero-order chi connectivity index (χ0) is 21.6. The molecule has 9 heteroatoms. The van der Waals surface area contributed by atoms with Crippen molar-refractivity contribution < 1.29 is 9.59 Å². The van der Waals surface area contributed by atoms with Crippen molar-refractivity contribution in [2.24, 2.45) is 0 Å². The van der Waals surface area contributed by atoms with E-state index in [1.54, 1.807) is 29.4 Å². The number of nitrogens with one attached hydrogen (secondary N) is 1. The molecule has 3 heterocycles. The maximum absolute atomic E-state index is 12.6. The van der Waals surface area contributed by atoms with Gasteiger partial charge in [-0.3, -0.25) is 14.6 Å². The molecule has 0 radical (unpaired) electrons. The lowest BCUT2D eigenvalue weighted by Gasteiger charge is -2.22. The predicted octanol–water partition coefficient (Wildman–Crippen LogP) is 3.24. The van der Waals surface area contributed by atoms with Gasteiger partial charge in [-0.15, -0.1) is 0 Å². The molecule has 2 amide bonds. The Kier molecular flexibility index (Phi) is 6.51. The van der Waals surface area contributed by atoms with E-state index < -0.39 is 0 Å². The van der Waals surface area contributed by atoms with Crippen LogP contribution in [-0.4, -0.2) is 57.8 Å². The minimum Gasteiger partial charge on any atom is -0.355 e. The fourth-order valence-corrected chi connectivity index (χ4v) is 3.80. The molecule has 0 atom stereocenters. The van der Waals surface area contributed by atoms with Gasteiger partial charge in [0.2, 0.25) is 0 Å². The van der Waals surface area contributed by atoms with E-state index in [1.165, 1.54) is 12.4 Å². The van der Waals surface area contributed by atoms with Gasteiger partial charge in [-0.1, -0.05) is 22.0 Å². The van der Waals surface area contributed by atoms with Crippen molar-refractivity contribution in [3.63, 3.8) is 0 Å². The summed E-state index contributed by atoms with van der Waals surface area (Å²) in [5.74, 6) is 0.520. The molecule has 1 aliphatic heterocycles. The first-order valence-corrected chi connectivity index (χ1v) is 10.7. The first-order chi connectivity index (χ1) is 15.1. The molecular weight excluding hydrogens is 460 g/mol. The Bertz CT molecular complexity index is 1060. The van der Waals surface area contributed by atoms with E-state index in [0.717, 1.165) is 23.3 Å². The molecule has 1 fully saturated rings. The molecule has 0 saturated carbocycles. The molecule has 1 aromatic carbocycles. The number of nitrogens with zero attached hydrogens (tertiary/aromatic N) is 5. The molecule has 4 rings (SSSR count). The molecule has 31 heavy (non-hydrogen) atoms. The lowest BCUT2D eigenvalue weighted by Crippen LogP contribution is -2.35. The van der Waals surface area contributed by atoms with Crippen LogP contribution >= 0.6 is 15.9 Å². The number of carbonyl (C=O) groups excluding carboxylic acids is 2. The summed E-state index contributed by atoms with van der Waals surface area (Å²) in [5.41, 5.74) is 1.56. The quantitative estimate of drug-likeness (QED) is 0.616. The summed E-state index contributed by atoms with van der Waals surface area (Å²) < 4.78 is 0.849. The van der Waals surface area contributed by atoms with Gasteiger partial charge in [0.15, 0.2) is 0 Å². The predicted molar refractivity (Wildman–Crippen MR) is 121 cm³/mol. The van der Waals surface area contributed by atoms with Crippen molar-refractivity contribution in [2.45, 2.75) is 6.42 Å². The second kappa shape index (κ2) is 9.65. The third-order valence-corrected chi connectivity index (χ3v) is 5.48. The normalized spacial score (nSPS) is 14.1. The Morgan fingerprint density at radius 2 is 1.87 bits per heavy atom. The van der Waals surface area contributed by atoms with Crippen molar-refractivity contribution in [1.29, 1.82) is 0 Å². The van der Waals surface area contributed by atoms with Gasteiger partial charge in [-0.25, -0.2) is 9.97 Å². The topological polar surface area (TPSA) is 91.3 Å². The van der Waals surface area contributed by atoms with Crippen LogP contribution in [0.2, 0.25) is 0 Å². The monoisotopic (exact) mass is 480 g/mol. The van der Waals surface area contributed by atoms with Crippen molar-refractivity contribution in [2.75, 3.05) is 36.4 Å². The Balaban J connectivity index is 1.37. The highest BCUT2D eigenvalue weighted by atomic mass is 79.9. The summed E-state index contributed by atoms with van der Waals surface area (Å²) in [7, 11) is 0. The van der Waals surface area contributed by atoms with E-state index in [2.05, 4.69) is 41.1 Å². The number of carbonyl (C=O) groups is 2. The lowest BCUT2D eigenvalue weighted by molar-refractivity contribution is 0.0760. The van der Waals surface area contributed by atoms with Crippen molar-refractivity contribution >= 4 is 39.2 Å². The summed E-state index contributed by atoms with van der Waals surface area (Å²) in [5, 5.41) is 2.86. The number of rotatable bonds is 4. The zero-order valence-corrected chi connectivity index (χ0v) is 18.3. The number of benzene rings is 1. The summed E-state index contributed by atoms with van der Waals surface area (Å²) in [6.45, 7) is 2.70. The molecule has 0 bridgehead atoms. The number of pyridine rings is 1. The second-order valence-corrected chi connectivity index (χ2v) is 8.01. The Morgan fingerprint density at radius 1 is 0.968 bits per heavy atom. The van der Waals surface area contributed by atoms with E-state index in [0.29, 0.717) is 36.6 Å². The lowest BCUT2D eigenvalue weighted by atomic mass is 10.2. The Labute approximate surface area is 188 Å². The zero-order valence-electron chi connectivity index (χ0n) is 16.7. The number of hydrogen-bond acceptors (Lipinski definition) is 6. The van der Waals surface area contributed by atoms with Gasteiger partial charge in [0.1, 0.15) is 11.5 Å². The molecule has 158 valence electrons. The van der Waals surface area contributed by atoms with Gasteiger partial charge in [-0.05, 0) is 36.8 Å². The molecule has 1 aliphatic rings. The van der Waals surface area contributed by atoms with Crippen LogP contribution in [0.25, 0.3) is 0 Å². The van der Waals surface area contributed by atoms with Crippen LogP contribution < -0.4 is 10.2 Å². The van der Waals surface area contributed by atoms with Crippen LogP contribution in [0.5, 0.6) is 0 Å². The Morgan fingerprint density at radius 3 is 2.61 bits per heavy atom. The summed E-state index contributed by atoms with van der Waals surface area (Å²) in [6, 6.07) is 10.9. The SMILES string of the molecule is O=C(Nc1ccc(N2CCCN(C(=O)c3cnccn3)CC2)nc1)c1cccc(Br)c1. The van der Waals surface area contributed by atoms with Crippen LogP contribution in [0, 0.1) is 0 Å². The summed E-state index contributed by atoms with van der Waals surface area (Å²) in [6.07, 6.45) is 7.05. The molecule has 3 aromatic rings. The highest BCUT2D eigenvalue weighted by molar-refractivity contribution is 9.10. The minimum atomic E-state index is -0.191. The fourth-order valence-electron chi connectivity index (χ4n) is 3.40. The van der Waals surface area contributed by atoms with Gasteiger partial charge in [-0.2, -0.15) is 0 Å². The Hall–Kier alpha value is -3.33. The minimum absolute atomic E-state index is 0.103. The third kappa shape index (κ3) is 5.24. The molecule has 0 aliphatic carbocycles. The van der Waals surface area contributed by atoms with Crippen LogP contribution in [-0.2, 0) is 0 Å². The summed E-state index contributed by atoms with van der Waals surface area (Å²) >= 11 is 3.37. The average molecular weight is 481 g/mol. The maximum Gasteiger partial charge on any atom is 0.274 e. The van der Waals surface area contributed by atoms with Gasteiger partial charge in [0.25, 0.3) is 11.8 Å². The summed E-state index contributed by atoms with van der Waals surface area (Å²) in [4.78, 5) is 41.6. The van der Waals surface area contributed by atoms with Crippen molar-refractivity contribution in [3.8, 4) is 0 Å². The van der Waals surface area contributed by atoms with Gasteiger partial charge in [0, 0.05) is 48.6 Å². The number of hydrogen-bond donors (Lipinski definition) is 1. The first-order valence-electron chi connectivity index (χ1n) is 9.93. The molecule has 1 N–H and O–H groups in total. The molecular formula is C22H21BrN6O2. The smallest absolute Gasteiger partial charge is 0.274 e. The highest BCUT2D eigenvalue weighted by Gasteiger charge is 2.22. The molecule has 0 spiro atoms. The van der Waals surface area contributed by atoms with Crippen LogP contribution in [0.15, 0.2) is 65.7 Å². The molecule has 1 saturated heterocycles. The standard InChI is InChI=1S/C22H21BrN6O2/c23-17-4-1-3-16(13-17)21(30)27-18-5-6-20(26-14-18)28-9-2-10-29(12-11-28)22(31)19-15-24-7-8-25-19/h1,3-8,13-15H,2,9-12H2,(H,27,30). The largest absolute Gasteiger partial charge is 0.355 e. The fraction of sp³-hybridized carbons (Fsp3) is 0.227. The third-order valence-electron chi connectivity index (χ3n) is 4.98. The van der Waals surface area contributed by atoms with E-state index in [4.69, 9.17) is 0 Å². The van der Waals surface area contributed by atoms with Crippen LogP contribution in [0.3, 0.4) is 0 Å². The van der Waals surface area contributed by atoms with E-state index in [1.807, 2.05) is 24.3 Å². The number of aromatic nitrogens is 3. The van der Waals surface area contributed by atoms with Crippen molar-refractivity contribution in [1.82, 2.24) is 19.9 Å².